The maximum Gasteiger partial charge on any atom is 0.438 e. The summed E-state index contributed by atoms with van der Waals surface area (Å²) in [6.45, 7) is -0.0143. The van der Waals surface area contributed by atoms with Gasteiger partial charge in [0.05, 0.1) is 5.92 Å². The van der Waals surface area contributed by atoms with Gasteiger partial charge in [-0.1, -0.05) is 0 Å². The summed E-state index contributed by atoms with van der Waals surface area (Å²) < 4.78 is 110. The van der Waals surface area contributed by atoms with Crippen molar-refractivity contribution in [3.8, 4) is 0 Å². The van der Waals surface area contributed by atoms with Crippen LogP contribution in [0.2, 0.25) is 0 Å². The first-order chi connectivity index (χ1) is 9.70. The Morgan fingerprint density at radius 2 is 1.68 bits per heavy atom. The Labute approximate surface area is 120 Å². The highest BCUT2D eigenvalue weighted by atomic mass is 32.2. The zero-order valence-electron chi connectivity index (χ0n) is 10.7. The van der Waals surface area contributed by atoms with Gasteiger partial charge in [0.1, 0.15) is 5.75 Å². The van der Waals surface area contributed by atoms with Crippen molar-refractivity contribution in [3.05, 3.63) is 0 Å². The molecule has 1 aliphatic heterocycles. The number of carbonyl (C=O) groups is 1. The van der Waals surface area contributed by atoms with Crippen molar-refractivity contribution < 1.29 is 48.8 Å². The lowest BCUT2D eigenvalue weighted by atomic mass is 10.0. The molecule has 6 nitrogen and oxygen atoms in total. The van der Waals surface area contributed by atoms with Crippen LogP contribution in [-0.2, 0) is 19.6 Å². The molecule has 1 atom stereocenters. The van der Waals surface area contributed by atoms with E-state index in [1.165, 1.54) is 0 Å². The fourth-order valence-electron chi connectivity index (χ4n) is 1.84. The number of rotatable bonds is 4. The summed E-state index contributed by atoms with van der Waals surface area (Å²) in [6, 6.07) is 0. The number of esters is 1. The van der Waals surface area contributed by atoms with Crippen molar-refractivity contribution in [3.63, 3.8) is 0 Å². The van der Waals surface area contributed by atoms with Gasteiger partial charge < -0.3 is 10.1 Å². The van der Waals surface area contributed by atoms with Crippen LogP contribution < -0.4 is 5.32 Å². The molecule has 0 amide bonds. The van der Waals surface area contributed by atoms with Crippen molar-refractivity contribution in [2.75, 3.05) is 18.8 Å². The molecule has 1 heterocycles. The molecule has 0 radical (unpaired) electrons. The molecule has 1 fully saturated rings. The highest BCUT2D eigenvalue weighted by Gasteiger charge is 2.76. The maximum absolute atomic E-state index is 12.9. The highest BCUT2D eigenvalue weighted by Crippen LogP contribution is 2.47. The zero-order valence-corrected chi connectivity index (χ0v) is 11.5. The number of nitrogens with one attached hydrogen (secondary N) is 1. The third kappa shape index (κ3) is 4.01. The molecule has 0 aromatic carbocycles. The number of halogens is 6. The molecule has 0 aromatic heterocycles. The van der Waals surface area contributed by atoms with Crippen LogP contribution in [0.5, 0.6) is 0 Å². The number of hydrogen-bond acceptors (Lipinski definition) is 5. The largest absolute Gasteiger partial charge is 0.438 e. The minimum Gasteiger partial charge on any atom is -0.438 e. The van der Waals surface area contributed by atoms with Gasteiger partial charge in [-0.25, -0.2) is 0 Å². The summed E-state index contributed by atoms with van der Waals surface area (Å²) in [5.41, 5.74) is -5.33. The molecular weight excluding hydrogens is 348 g/mol. The third-order valence-electron chi connectivity index (χ3n) is 2.97. The summed E-state index contributed by atoms with van der Waals surface area (Å²) in [7, 11) is -5.75. The van der Waals surface area contributed by atoms with E-state index in [2.05, 4.69) is 10.1 Å². The van der Waals surface area contributed by atoms with E-state index in [-0.39, 0.29) is 19.5 Å². The Kier molecular flexibility index (Phi) is 5.04. The molecule has 22 heavy (non-hydrogen) atoms. The van der Waals surface area contributed by atoms with Crippen LogP contribution in [0.3, 0.4) is 0 Å². The molecule has 0 spiro atoms. The molecule has 0 aromatic rings. The first kappa shape index (κ1) is 19.0. The van der Waals surface area contributed by atoms with Gasteiger partial charge in [-0.15, -0.1) is 0 Å². The monoisotopic (exact) mass is 359 g/mol. The lowest BCUT2D eigenvalue weighted by molar-refractivity contribution is -0.362. The lowest BCUT2D eigenvalue weighted by Crippen LogP contribution is -2.63. The van der Waals surface area contributed by atoms with Crippen molar-refractivity contribution in [1.29, 1.82) is 0 Å². The highest BCUT2D eigenvalue weighted by molar-refractivity contribution is 7.85. The minimum atomic E-state index is -6.29. The molecule has 2 N–H and O–H groups in total. The zero-order chi connectivity index (χ0) is 17.4. The minimum absolute atomic E-state index is 0.0590. The molecule has 0 saturated carbocycles. The second-order valence-electron chi connectivity index (χ2n) is 4.66. The average Bonchev–Trinajstić information content (AvgIpc) is 2.75. The number of alkyl halides is 6. The molecule has 1 saturated heterocycles. The van der Waals surface area contributed by atoms with Gasteiger partial charge in [0.2, 0.25) is 0 Å². The molecule has 1 unspecified atom stereocenters. The third-order valence-corrected chi connectivity index (χ3v) is 3.74. The SMILES string of the molecule is O=C(OC(CS(=O)(=O)O)(C(F)(F)F)C(F)(F)F)C1CCNC1. The van der Waals surface area contributed by atoms with Crippen LogP contribution in [0.15, 0.2) is 0 Å². The van der Waals surface area contributed by atoms with E-state index in [0.29, 0.717) is 0 Å². The van der Waals surface area contributed by atoms with Gasteiger partial charge in [-0.05, 0) is 13.0 Å². The van der Waals surface area contributed by atoms with Crippen LogP contribution >= 0.6 is 0 Å². The normalized spacial score (nSPS) is 21.0. The molecule has 1 rings (SSSR count). The van der Waals surface area contributed by atoms with E-state index in [4.69, 9.17) is 4.55 Å². The molecular formula is C9H11F6NO5S. The Hall–Kier alpha value is -1.08. The van der Waals surface area contributed by atoms with Gasteiger partial charge >= 0.3 is 23.9 Å². The Balaban J connectivity index is 3.27. The summed E-state index contributed by atoms with van der Waals surface area (Å²) in [4.78, 5) is 11.5. The van der Waals surface area contributed by atoms with Crippen LogP contribution in [0.1, 0.15) is 6.42 Å². The van der Waals surface area contributed by atoms with Gasteiger partial charge in [0.15, 0.2) is 0 Å². The quantitative estimate of drug-likeness (QED) is 0.440. The Morgan fingerprint density at radius 1 is 1.18 bits per heavy atom. The second kappa shape index (κ2) is 5.85. The van der Waals surface area contributed by atoms with Gasteiger partial charge in [0, 0.05) is 6.54 Å². The number of hydrogen-bond donors (Lipinski definition) is 2. The van der Waals surface area contributed by atoms with Crippen molar-refractivity contribution in [2.45, 2.75) is 24.4 Å². The van der Waals surface area contributed by atoms with E-state index in [1.807, 2.05) is 0 Å². The first-order valence-electron chi connectivity index (χ1n) is 5.72. The summed E-state index contributed by atoms with van der Waals surface area (Å²) in [5.74, 6) is -5.98. The first-order valence-corrected chi connectivity index (χ1v) is 7.33. The van der Waals surface area contributed by atoms with E-state index >= 15 is 0 Å². The van der Waals surface area contributed by atoms with E-state index in [1.54, 1.807) is 0 Å². The molecule has 130 valence electrons. The molecule has 13 heteroatoms. The molecule has 0 aliphatic carbocycles. The fraction of sp³-hybridized carbons (Fsp3) is 0.889. The predicted molar refractivity (Wildman–Crippen MR) is 58.3 cm³/mol. The molecule has 0 bridgehead atoms. The fourth-order valence-corrected chi connectivity index (χ4v) is 2.74. The van der Waals surface area contributed by atoms with Crippen molar-refractivity contribution in [1.82, 2.24) is 5.32 Å². The smallest absolute Gasteiger partial charge is 0.438 e. The Bertz CT molecular complexity index is 508. The standard InChI is InChI=1S/C9H11F6NO5S/c10-8(11,12)7(9(13,14)15,4-22(18,19)20)21-6(17)5-1-2-16-3-5/h5,16H,1-4H2,(H,18,19,20). The Morgan fingerprint density at radius 3 is 2.00 bits per heavy atom. The van der Waals surface area contributed by atoms with Crippen LogP contribution in [0.4, 0.5) is 26.3 Å². The van der Waals surface area contributed by atoms with Crippen molar-refractivity contribution >= 4 is 16.1 Å². The number of carbonyl (C=O) groups excluding carboxylic acids is 1. The van der Waals surface area contributed by atoms with Gasteiger partial charge in [0.25, 0.3) is 10.1 Å². The topological polar surface area (TPSA) is 92.7 Å². The summed E-state index contributed by atoms with van der Waals surface area (Å²) >= 11 is 0. The summed E-state index contributed by atoms with van der Waals surface area (Å²) in [6.07, 6.45) is -12.6. The van der Waals surface area contributed by atoms with E-state index < -0.39 is 45.7 Å². The van der Waals surface area contributed by atoms with Gasteiger partial charge in [-0.3, -0.25) is 9.35 Å². The number of ether oxygens (including phenoxy) is 1. The molecule has 1 aliphatic rings. The predicted octanol–water partition coefficient (Wildman–Crippen LogP) is 0.890. The van der Waals surface area contributed by atoms with Crippen LogP contribution in [-0.4, -0.2) is 55.7 Å². The lowest BCUT2D eigenvalue weighted by Gasteiger charge is -2.36. The maximum atomic E-state index is 12.9. The van der Waals surface area contributed by atoms with E-state index in [0.717, 1.165) is 0 Å². The van der Waals surface area contributed by atoms with Gasteiger partial charge in [-0.2, -0.15) is 34.8 Å². The van der Waals surface area contributed by atoms with Crippen LogP contribution in [0.25, 0.3) is 0 Å². The summed E-state index contributed by atoms with van der Waals surface area (Å²) in [5, 5.41) is 2.53. The van der Waals surface area contributed by atoms with Crippen molar-refractivity contribution in [2.24, 2.45) is 5.92 Å². The average molecular weight is 359 g/mol. The second-order valence-corrected chi connectivity index (χ2v) is 6.11. The van der Waals surface area contributed by atoms with E-state index in [9.17, 15) is 39.6 Å². The van der Waals surface area contributed by atoms with Crippen LogP contribution in [0, 0.1) is 5.92 Å².